The van der Waals surface area contributed by atoms with Gasteiger partial charge in [-0.25, -0.2) is 9.07 Å². The SMILES string of the molecule is Cc1cc(C)n(-c2ccc(C(=O)NNC(=O)c3ccc(F)cc3)cc2)n1. The van der Waals surface area contributed by atoms with Crippen LogP contribution in [-0.2, 0) is 0 Å². The number of hydrogen-bond donors (Lipinski definition) is 2. The number of aryl methyl sites for hydroxylation is 2. The molecule has 0 radical (unpaired) electrons. The minimum Gasteiger partial charge on any atom is -0.267 e. The van der Waals surface area contributed by atoms with Gasteiger partial charge in [0.2, 0.25) is 0 Å². The first-order valence-corrected chi connectivity index (χ1v) is 7.94. The number of aromatic nitrogens is 2. The fourth-order valence-electron chi connectivity index (χ4n) is 2.50. The highest BCUT2D eigenvalue weighted by Crippen LogP contribution is 2.13. The molecule has 0 spiro atoms. The van der Waals surface area contributed by atoms with Crippen LogP contribution < -0.4 is 10.9 Å². The number of amides is 2. The molecule has 0 saturated heterocycles. The summed E-state index contributed by atoms with van der Waals surface area (Å²) in [4.78, 5) is 24.1. The lowest BCUT2D eigenvalue weighted by Crippen LogP contribution is -2.41. The summed E-state index contributed by atoms with van der Waals surface area (Å²) in [7, 11) is 0. The minimum atomic E-state index is -0.530. The summed E-state index contributed by atoms with van der Waals surface area (Å²) in [5.74, 6) is -1.42. The lowest BCUT2D eigenvalue weighted by molar-refractivity contribution is 0.0846. The summed E-state index contributed by atoms with van der Waals surface area (Å²) in [5.41, 5.74) is 7.99. The number of carbonyl (C=O) groups is 2. The monoisotopic (exact) mass is 352 g/mol. The fraction of sp³-hybridized carbons (Fsp3) is 0.105. The maximum Gasteiger partial charge on any atom is 0.269 e. The van der Waals surface area contributed by atoms with Crippen LogP contribution in [0.3, 0.4) is 0 Å². The maximum absolute atomic E-state index is 12.9. The van der Waals surface area contributed by atoms with Crippen molar-refractivity contribution in [2.75, 3.05) is 0 Å². The first kappa shape index (κ1) is 17.3. The highest BCUT2D eigenvalue weighted by atomic mass is 19.1. The Morgan fingerprint density at radius 1 is 0.885 bits per heavy atom. The Labute approximate surface area is 149 Å². The van der Waals surface area contributed by atoms with Crippen molar-refractivity contribution >= 4 is 11.8 Å². The summed E-state index contributed by atoms with van der Waals surface area (Å²) in [6.07, 6.45) is 0. The smallest absolute Gasteiger partial charge is 0.267 e. The standard InChI is InChI=1S/C19H17FN4O2/c1-12-11-13(2)24(23-12)17-9-5-15(6-10-17)19(26)22-21-18(25)14-3-7-16(20)8-4-14/h3-11H,1-2H3,(H,21,25)(H,22,26). The highest BCUT2D eigenvalue weighted by Gasteiger charge is 2.10. The molecule has 3 aromatic rings. The van der Waals surface area contributed by atoms with E-state index in [1.54, 1.807) is 28.9 Å². The second-order valence-electron chi connectivity index (χ2n) is 5.80. The molecule has 7 heteroatoms. The average Bonchev–Trinajstić information content (AvgIpc) is 2.98. The Hall–Kier alpha value is -3.48. The Bertz CT molecular complexity index is 947. The molecule has 0 atom stereocenters. The lowest BCUT2D eigenvalue weighted by Gasteiger charge is -2.09. The number of nitrogens with zero attached hydrogens (tertiary/aromatic N) is 2. The number of halogens is 1. The molecule has 1 aromatic heterocycles. The number of nitrogens with one attached hydrogen (secondary N) is 2. The van der Waals surface area contributed by atoms with Crippen LogP contribution in [0.2, 0.25) is 0 Å². The summed E-state index contributed by atoms with van der Waals surface area (Å²) < 4.78 is 14.6. The van der Waals surface area contributed by atoms with E-state index >= 15 is 0 Å². The molecule has 26 heavy (non-hydrogen) atoms. The molecule has 2 aromatic carbocycles. The van der Waals surface area contributed by atoms with E-state index in [0.29, 0.717) is 5.56 Å². The largest absolute Gasteiger partial charge is 0.269 e. The third-order valence-electron chi connectivity index (χ3n) is 3.78. The second-order valence-corrected chi connectivity index (χ2v) is 5.80. The third kappa shape index (κ3) is 3.77. The van der Waals surface area contributed by atoms with Crippen LogP contribution in [0.4, 0.5) is 4.39 Å². The van der Waals surface area contributed by atoms with Gasteiger partial charge in [-0.2, -0.15) is 5.10 Å². The normalized spacial score (nSPS) is 10.4. The van der Waals surface area contributed by atoms with Crippen molar-refractivity contribution in [2.45, 2.75) is 13.8 Å². The second kappa shape index (κ2) is 7.18. The average molecular weight is 352 g/mol. The maximum atomic E-state index is 12.9. The molecule has 2 N–H and O–H groups in total. The molecule has 0 saturated carbocycles. The van der Waals surface area contributed by atoms with E-state index in [2.05, 4.69) is 16.0 Å². The van der Waals surface area contributed by atoms with Gasteiger partial charge in [0.15, 0.2) is 0 Å². The molecule has 0 aliphatic carbocycles. The van der Waals surface area contributed by atoms with Gasteiger partial charge in [-0.05, 0) is 68.4 Å². The van der Waals surface area contributed by atoms with Crippen molar-refractivity contribution in [1.29, 1.82) is 0 Å². The molecule has 0 fully saturated rings. The molecular formula is C19H17FN4O2. The van der Waals surface area contributed by atoms with E-state index in [0.717, 1.165) is 17.1 Å². The summed E-state index contributed by atoms with van der Waals surface area (Å²) >= 11 is 0. The van der Waals surface area contributed by atoms with E-state index in [-0.39, 0.29) is 5.56 Å². The number of rotatable bonds is 3. The Kier molecular flexibility index (Phi) is 4.79. The van der Waals surface area contributed by atoms with Gasteiger partial charge in [0.25, 0.3) is 11.8 Å². The minimum absolute atomic E-state index is 0.242. The zero-order chi connectivity index (χ0) is 18.7. The van der Waals surface area contributed by atoms with Crippen molar-refractivity contribution in [2.24, 2.45) is 0 Å². The van der Waals surface area contributed by atoms with Crippen LogP contribution in [-0.4, -0.2) is 21.6 Å². The molecule has 1 heterocycles. The Morgan fingerprint density at radius 3 is 1.85 bits per heavy atom. The zero-order valence-electron chi connectivity index (χ0n) is 14.3. The van der Waals surface area contributed by atoms with Gasteiger partial charge in [-0.3, -0.25) is 20.4 Å². The van der Waals surface area contributed by atoms with Crippen LogP contribution >= 0.6 is 0 Å². The zero-order valence-corrected chi connectivity index (χ0v) is 14.3. The molecule has 0 bridgehead atoms. The number of benzene rings is 2. The van der Waals surface area contributed by atoms with Crippen LogP contribution in [0.5, 0.6) is 0 Å². The predicted octanol–water partition coefficient (Wildman–Crippen LogP) is 2.70. The van der Waals surface area contributed by atoms with E-state index in [4.69, 9.17) is 0 Å². The van der Waals surface area contributed by atoms with E-state index in [9.17, 15) is 14.0 Å². The fourth-order valence-corrected chi connectivity index (χ4v) is 2.50. The topological polar surface area (TPSA) is 76.0 Å². The number of hydrogen-bond acceptors (Lipinski definition) is 3. The van der Waals surface area contributed by atoms with E-state index in [1.165, 1.54) is 24.3 Å². The van der Waals surface area contributed by atoms with Crippen molar-refractivity contribution in [3.8, 4) is 5.69 Å². The van der Waals surface area contributed by atoms with Crippen molar-refractivity contribution in [3.05, 3.63) is 82.9 Å². The Morgan fingerprint density at radius 2 is 1.38 bits per heavy atom. The van der Waals surface area contributed by atoms with Gasteiger partial charge in [0.05, 0.1) is 11.4 Å². The van der Waals surface area contributed by atoms with Crippen LogP contribution in [0.15, 0.2) is 54.6 Å². The van der Waals surface area contributed by atoms with Gasteiger partial charge in [0.1, 0.15) is 5.82 Å². The lowest BCUT2D eigenvalue weighted by atomic mass is 10.2. The molecule has 2 amide bonds. The molecule has 132 valence electrons. The van der Waals surface area contributed by atoms with E-state index in [1.807, 2.05) is 19.9 Å². The molecule has 0 aliphatic rings. The Balaban J connectivity index is 1.64. The molecule has 0 aliphatic heterocycles. The van der Waals surface area contributed by atoms with Gasteiger partial charge in [-0.1, -0.05) is 0 Å². The number of hydrazine groups is 1. The summed E-state index contributed by atoms with van der Waals surface area (Å²) in [6, 6.07) is 13.8. The first-order valence-electron chi connectivity index (χ1n) is 7.94. The van der Waals surface area contributed by atoms with Crippen molar-refractivity contribution in [3.63, 3.8) is 0 Å². The predicted molar refractivity (Wildman–Crippen MR) is 94.4 cm³/mol. The van der Waals surface area contributed by atoms with Gasteiger partial charge in [0, 0.05) is 16.8 Å². The summed E-state index contributed by atoms with van der Waals surface area (Å²) in [5, 5.41) is 4.39. The van der Waals surface area contributed by atoms with Crippen LogP contribution in [0, 0.1) is 19.7 Å². The van der Waals surface area contributed by atoms with Crippen LogP contribution in [0.1, 0.15) is 32.1 Å². The van der Waals surface area contributed by atoms with Gasteiger partial charge in [-0.15, -0.1) is 0 Å². The highest BCUT2D eigenvalue weighted by molar-refractivity contribution is 5.99. The summed E-state index contributed by atoms with van der Waals surface area (Å²) in [6.45, 7) is 3.86. The van der Waals surface area contributed by atoms with Crippen molar-refractivity contribution < 1.29 is 14.0 Å². The molecule has 0 unspecified atom stereocenters. The van der Waals surface area contributed by atoms with Crippen LogP contribution in [0.25, 0.3) is 5.69 Å². The molecule has 3 rings (SSSR count). The van der Waals surface area contributed by atoms with Crippen molar-refractivity contribution in [1.82, 2.24) is 20.6 Å². The van der Waals surface area contributed by atoms with Gasteiger partial charge >= 0.3 is 0 Å². The van der Waals surface area contributed by atoms with Gasteiger partial charge < -0.3 is 0 Å². The quantitative estimate of drug-likeness (QED) is 0.712. The number of carbonyl (C=O) groups excluding carboxylic acids is 2. The molecule has 6 nitrogen and oxygen atoms in total. The van der Waals surface area contributed by atoms with E-state index < -0.39 is 17.6 Å². The third-order valence-corrected chi connectivity index (χ3v) is 3.78. The molecular weight excluding hydrogens is 335 g/mol. The first-order chi connectivity index (χ1) is 12.4.